The molecule has 4 nitrogen and oxygen atoms in total. The van der Waals surface area contributed by atoms with E-state index in [1.165, 1.54) is 0 Å². The summed E-state index contributed by atoms with van der Waals surface area (Å²) in [4.78, 5) is 11.6. The highest BCUT2D eigenvalue weighted by Crippen LogP contribution is 2.08. The van der Waals surface area contributed by atoms with E-state index in [2.05, 4.69) is 17.3 Å². The van der Waals surface area contributed by atoms with E-state index < -0.39 is 0 Å². The maximum absolute atomic E-state index is 11.6. The lowest BCUT2D eigenvalue weighted by Gasteiger charge is -2.00. The van der Waals surface area contributed by atoms with Crippen molar-refractivity contribution in [3.63, 3.8) is 0 Å². The van der Waals surface area contributed by atoms with Crippen LogP contribution < -0.4 is 5.32 Å². The summed E-state index contributed by atoms with van der Waals surface area (Å²) in [5.74, 6) is -0.0569. The van der Waals surface area contributed by atoms with Crippen molar-refractivity contribution in [2.45, 2.75) is 26.2 Å². The molecule has 0 saturated heterocycles. The van der Waals surface area contributed by atoms with Gasteiger partial charge in [0, 0.05) is 24.4 Å². The molecule has 1 amide bonds. The average Bonchev–Trinajstić information content (AvgIpc) is 2.99. The third-order valence-corrected chi connectivity index (χ3v) is 3.13. The zero-order valence-corrected chi connectivity index (χ0v) is 12.3. The Hall–Kier alpha value is -2.36. The average molecular weight is 283 g/mol. The van der Waals surface area contributed by atoms with Gasteiger partial charge >= 0.3 is 0 Å². The number of amides is 1. The SMILES string of the molecule is CCCCCNC(=O)/C=C/c1cnn(-c2ccccc2)c1. The highest BCUT2D eigenvalue weighted by atomic mass is 16.1. The van der Waals surface area contributed by atoms with E-state index in [1.54, 1.807) is 23.0 Å². The Morgan fingerprint density at radius 1 is 1.29 bits per heavy atom. The highest BCUT2D eigenvalue weighted by Gasteiger charge is 1.99. The second-order valence-electron chi connectivity index (χ2n) is 4.89. The van der Waals surface area contributed by atoms with Gasteiger partial charge < -0.3 is 5.32 Å². The van der Waals surface area contributed by atoms with Crippen LogP contribution in [-0.4, -0.2) is 22.2 Å². The van der Waals surface area contributed by atoms with Crippen molar-refractivity contribution in [3.8, 4) is 5.69 Å². The highest BCUT2D eigenvalue weighted by molar-refractivity contribution is 5.91. The molecule has 1 heterocycles. The Morgan fingerprint density at radius 2 is 2.10 bits per heavy atom. The van der Waals surface area contributed by atoms with Crippen molar-refractivity contribution < 1.29 is 4.79 Å². The van der Waals surface area contributed by atoms with Crippen LogP contribution in [0.2, 0.25) is 0 Å². The van der Waals surface area contributed by atoms with Gasteiger partial charge in [-0.1, -0.05) is 38.0 Å². The molecule has 1 aromatic carbocycles. The predicted molar refractivity (Wildman–Crippen MR) is 85.1 cm³/mol. The van der Waals surface area contributed by atoms with Gasteiger partial charge in [-0.2, -0.15) is 5.10 Å². The van der Waals surface area contributed by atoms with Crippen molar-refractivity contribution in [3.05, 3.63) is 54.4 Å². The van der Waals surface area contributed by atoms with Gasteiger partial charge in [0.1, 0.15) is 0 Å². The first-order valence-corrected chi connectivity index (χ1v) is 7.35. The van der Waals surface area contributed by atoms with Crippen LogP contribution in [0.5, 0.6) is 0 Å². The quantitative estimate of drug-likeness (QED) is 0.626. The second kappa shape index (κ2) is 8.04. The molecule has 1 N–H and O–H groups in total. The van der Waals surface area contributed by atoms with Gasteiger partial charge in [-0.15, -0.1) is 0 Å². The molecule has 0 bridgehead atoms. The molecular formula is C17H21N3O. The first-order valence-electron chi connectivity index (χ1n) is 7.35. The van der Waals surface area contributed by atoms with E-state index in [-0.39, 0.29) is 5.91 Å². The van der Waals surface area contributed by atoms with Gasteiger partial charge in [0.15, 0.2) is 0 Å². The third-order valence-electron chi connectivity index (χ3n) is 3.13. The number of nitrogens with zero attached hydrogens (tertiary/aromatic N) is 2. The summed E-state index contributed by atoms with van der Waals surface area (Å²) in [6.45, 7) is 2.88. The lowest BCUT2D eigenvalue weighted by molar-refractivity contribution is -0.116. The summed E-state index contributed by atoms with van der Waals surface area (Å²) >= 11 is 0. The molecule has 4 heteroatoms. The van der Waals surface area contributed by atoms with Gasteiger partial charge in [-0.05, 0) is 24.6 Å². The minimum atomic E-state index is -0.0569. The van der Waals surface area contributed by atoms with Crippen LogP contribution in [0.15, 0.2) is 48.8 Å². The molecule has 0 aliphatic rings. The van der Waals surface area contributed by atoms with Crippen molar-refractivity contribution in [1.82, 2.24) is 15.1 Å². The molecule has 0 fully saturated rings. The van der Waals surface area contributed by atoms with Gasteiger partial charge in [-0.25, -0.2) is 4.68 Å². The minimum Gasteiger partial charge on any atom is -0.353 e. The predicted octanol–water partition coefficient (Wildman–Crippen LogP) is 3.19. The van der Waals surface area contributed by atoms with Crippen LogP contribution >= 0.6 is 0 Å². The second-order valence-corrected chi connectivity index (χ2v) is 4.89. The zero-order chi connectivity index (χ0) is 14.9. The normalized spacial score (nSPS) is 10.9. The number of rotatable bonds is 7. The monoisotopic (exact) mass is 283 g/mol. The third kappa shape index (κ3) is 4.91. The van der Waals surface area contributed by atoms with Crippen LogP contribution in [0, 0.1) is 0 Å². The van der Waals surface area contributed by atoms with Crippen LogP contribution in [0.25, 0.3) is 11.8 Å². The number of hydrogen-bond acceptors (Lipinski definition) is 2. The molecule has 2 aromatic rings. The lowest BCUT2D eigenvalue weighted by Crippen LogP contribution is -2.21. The summed E-state index contributed by atoms with van der Waals surface area (Å²) in [6, 6.07) is 9.88. The minimum absolute atomic E-state index is 0.0569. The van der Waals surface area contributed by atoms with Gasteiger partial charge in [0.05, 0.1) is 11.9 Å². The van der Waals surface area contributed by atoms with Crippen molar-refractivity contribution in [1.29, 1.82) is 0 Å². The number of hydrogen-bond donors (Lipinski definition) is 1. The van der Waals surface area contributed by atoms with E-state index in [1.807, 2.05) is 36.5 Å². The smallest absolute Gasteiger partial charge is 0.244 e. The molecule has 2 rings (SSSR count). The van der Waals surface area contributed by atoms with Crippen molar-refractivity contribution in [2.75, 3.05) is 6.54 Å². The Balaban J connectivity index is 1.87. The largest absolute Gasteiger partial charge is 0.353 e. The Labute approximate surface area is 125 Å². The fraction of sp³-hybridized carbons (Fsp3) is 0.294. The molecule has 0 spiro atoms. The number of unbranched alkanes of at least 4 members (excludes halogenated alkanes) is 2. The van der Waals surface area contributed by atoms with E-state index in [9.17, 15) is 4.79 Å². The summed E-state index contributed by atoms with van der Waals surface area (Å²) in [5, 5.41) is 7.16. The molecule has 1 aromatic heterocycles. The first-order chi connectivity index (χ1) is 10.3. The Morgan fingerprint density at radius 3 is 2.86 bits per heavy atom. The first kappa shape index (κ1) is 15.0. The fourth-order valence-corrected chi connectivity index (χ4v) is 1.96. The van der Waals surface area contributed by atoms with Crippen LogP contribution in [0.1, 0.15) is 31.7 Å². The topological polar surface area (TPSA) is 46.9 Å². The number of para-hydroxylation sites is 1. The molecule has 0 radical (unpaired) electrons. The molecule has 0 aliphatic heterocycles. The number of benzene rings is 1. The molecule has 21 heavy (non-hydrogen) atoms. The molecule has 0 unspecified atom stereocenters. The Kier molecular flexibility index (Phi) is 5.76. The summed E-state index contributed by atoms with van der Waals surface area (Å²) in [5.41, 5.74) is 1.91. The zero-order valence-electron chi connectivity index (χ0n) is 12.3. The molecule has 0 atom stereocenters. The molecule has 0 saturated carbocycles. The van der Waals surface area contributed by atoms with Crippen LogP contribution in [-0.2, 0) is 4.79 Å². The maximum atomic E-state index is 11.6. The number of aromatic nitrogens is 2. The fourth-order valence-electron chi connectivity index (χ4n) is 1.96. The van der Waals surface area contributed by atoms with E-state index in [4.69, 9.17) is 0 Å². The van der Waals surface area contributed by atoms with Crippen molar-refractivity contribution in [2.24, 2.45) is 0 Å². The van der Waals surface area contributed by atoms with E-state index in [0.717, 1.165) is 37.1 Å². The number of nitrogens with one attached hydrogen (secondary N) is 1. The molecular weight excluding hydrogens is 262 g/mol. The Bertz CT molecular complexity index is 587. The number of carbonyl (C=O) groups is 1. The van der Waals surface area contributed by atoms with Crippen LogP contribution in [0.3, 0.4) is 0 Å². The molecule has 110 valence electrons. The molecule has 0 aliphatic carbocycles. The summed E-state index contributed by atoms with van der Waals surface area (Å²) in [7, 11) is 0. The van der Waals surface area contributed by atoms with E-state index in [0.29, 0.717) is 0 Å². The lowest BCUT2D eigenvalue weighted by atomic mass is 10.2. The van der Waals surface area contributed by atoms with Crippen LogP contribution in [0.4, 0.5) is 0 Å². The van der Waals surface area contributed by atoms with Gasteiger partial charge in [-0.3, -0.25) is 4.79 Å². The van der Waals surface area contributed by atoms with Crippen molar-refractivity contribution >= 4 is 12.0 Å². The number of carbonyl (C=O) groups excluding carboxylic acids is 1. The van der Waals surface area contributed by atoms with Gasteiger partial charge in [0.2, 0.25) is 5.91 Å². The summed E-state index contributed by atoms with van der Waals surface area (Å²) in [6.07, 6.45) is 10.3. The van der Waals surface area contributed by atoms with E-state index >= 15 is 0 Å². The summed E-state index contributed by atoms with van der Waals surface area (Å²) < 4.78 is 1.79. The standard InChI is InChI=1S/C17H21N3O/c1-2-3-7-12-18-17(21)11-10-15-13-19-20(14-15)16-8-5-4-6-9-16/h4-6,8-11,13-14H,2-3,7,12H2,1H3,(H,18,21)/b11-10+. The maximum Gasteiger partial charge on any atom is 0.244 e. The van der Waals surface area contributed by atoms with Gasteiger partial charge in [0.25, 0.3) is 0 Å².